The van der Waals surface area contributed by atoms with Crippen molar-refractivity contribution in [3.63, 3.8) is 0 Å². The van der Waals surface area contributed by atoms with Gasteiger partial charge in [-0.15, -0.1) is 0 Å². The summed E-state index contributed by atoms with van der Waals surface area (Å²) in [6.07, 6.45) is 0. The number of benzene rings is 1. The largest absolute Gasteiger partial charge is 0.389 e. The Hall–Kier alpha value is -1.26. The van der Waals surface area contributed by atoms with Crippen molar-refractivity contribution in [2.24, 2.45) is 0 Å². The second kappa shape index (κ2) is 3.48. The monoisotopic (exact) mass is 225 g/mol. The van der Waals surface area contributed by atoms with Crippen LogP contribution in [0.15, 0.2) is 24.3 Å². The Morgan fingerprint density at radius 2 is 2.07 bits per heavy atom. The molecule has 0 fully saturated rings. The van der Waals surface area contributed by atoms with Crippen LogP contribution < -0.4 is 11.5 Å². The maximum atomic E-state index is 5.86. The number of nitrogens with two attached hydrogens (primary N) is 2. The lowest BCUT2D eigenvalue weighted by molar-refractivity contribution is 1.41. The molecule has 0 aliphatic carbocycles. The maximum absolute atomic E-state index is 5.86. The summed E-state index contributed by atoms with van der Waals surface area (Å²) in [5.74, 6) is 0. The van der Waals surface area contributed by atoms with E-state index in [9.17, 15) is 0 Å². The Bertz CT molecular complexity index is 467. The van der Waals surface area contributed by atoms with E-state index in [-0.39, 0.29) is 0 Å². The van der Waals surface area contributed by atoms with Crippen molar-refractivity contribution in [2.75, 3.05) is 11.5 Å². The molecular weight excluding hydrogens is 218 g/mol. The van der Waals surface area contributed by atoms with Crippen molar-refractivity contribution in [3.8, 4) is 11.3 Å². The third-order valence-electron chi connectivity index (χ3n) is 1.77. The van der Waals surface area contributed by atoms with E-state index in [0.717, 1.165) is 5.56 Å². The molecule has 0 spiro atoms. The van der Waals surface area contributed by atoms with E-state index < -0.39 is 0 Å². The van der Waals surface area contributed by atoms with Gasteiger partial charge in [0.15, 0.2) is 5.13 Å². The Labute approximate surface area is 90.3 Å². The number of nitrogen functional groups attached to an aromatic ring is 2. The van der Waals surface area contributed by atoms with Gasteiger partial charge >= 0.3 is 0 Å². The number of nitrogens with zero attached hydrogens (tertiary/aromatic N) is 1. The molecule has 3 nitrogen and oxygen atoms in total. The van der Waals surface area contributed by atoms with Crippen LogP contribution in [0.4, 0.5) is 10.1 Å². The highest BCUT2D eigenvalue weighted by Crippen LogP contribution is 2.32. The molecule has 0 atom stereocenters. The van der Waals surface area contributed by atoms with Gasteiger partial charge in [0, 0.05) is 10.6 Å². The highest BCUT2D eigenvalue weighted by molar-refractivity contribution is 7.19. The van der Waals surface area contributed by atoms with Gasteiger partial charge < -0.3 is 11.5 Å². The summed E-state index contributed by atoms with van der Waals surface area (Å²) in [7, 11) is 0. The minimum absolute atomic E-state index is 0.470. The molecule has 14 heavy (non-hydrogen) atoms. The molecular formula is C9H8ClN3S. The third kappa shape index (κ3) is 1.66. The fourth-order valence-corrected chi connectivity index (χ4v) is 2.00. The van der Waals surface area contributed by atoms with Crippen LogP contribution >= 0.6 is 22.9 Å². The Morgan fingerprint density at radius 1 is 1.29 bits per heavy atom. The third-order valence-corrected chi connectivity index (χ3v) is 2.72. The van der Waals surface area contributed by atoms with E-state index in [0.29, 0.717) is 20.8 Å². The van der Waals surface area contributed by atoms with Crippen LogP contribution in [-0.2, 0) is 0 Å². The standard InChI is InChI=1S/C9H8ClN3S/c10-6-3-1-2-5(4-6)7-8(11)14-9(12)13-7/h1-4H,11H2,(H2,12,13). The van der Waals surface area contributed by atoms with E-state index in [1.54, 1.807) is 6.07 Å². The van der Waals surface area contributed by atoms with Gasteiger partial charge in [0.1, 0.15) is 10.7 Å². The molecule has 5 heteroatoms. The Kier molecular flexibility index (Phi) is 2.31. The van der Waals surface area contributed by atoms with Gasteiger partial charge in [0.25, 0.3) is 0 Å². The molecule has 4 N–H and O–H groups in total. The zero-order valence-electron chi connectivity index (χ0n) is 7.20. The van der Waals surface area contributed by atoms with Gasteiger partial charge in [0.05, 0.1) is 0 Å². The number of hydrogen-bond donors (Lipinski definition) is 2. The lowest BCUT2D eigenvalue weighted by atomic mass is 10.2. The average molecular weight is 226 g/mol. The fraction of sp³-hybridized carbons (Fsp3) is 0. The molecule has 2 rings (SSSR count). The number of hydrogen-bond acceptors (Lipinski definition) is 4. The minimum Gasteiger partial charge on any atom is -0.389 e. The van der Waals surface area contributed by atoms with Gasteiger partial charge in [-0.25, -0.2) is 4.98 Å². The second-order valence-electron chi connectivity index (χ2n) is 2.78. The second-order valence-corrected chi connectivity index (χ2v) is 4.27. The number of anilines is 2. The SMILES string of the molecule is Nc1nc(-c2cccc(Cl)c2)c(N)s1. The summed E-state index contributed by atoms with van der Waals surface area (Å²) in [5, 5.41) is 1.75. The van der Waals surface area contributed by atoms with Crippen molar-refractivity contribution in [3.05, 3.63) is 29.3 Å². The first-order chi connectivity index (χ1) is 6.66. The predicted molar refractivity (Wildman–Crippen MR) is 61.4 cm³/mol. The Balaban J connectivity index is 2.54. The van der Waals surface area contributed by atoms with Gasteiger partial charge in [-0.3, -0.25) is 0 Å². The zero-order chi connectivity index (χ0) is 10.1. The summed E-state index contributed by atoms with van der Waals surface area (Å²) in [6, 6.07) is 7.37. The van der Waals surface area contributed by atoms with Crippen LogP contribution in [0.2, 0.25) is 5.02 Å². The molecule has 1 aromatic carbocycles. The molecule has 0 bridgehead atoms. The molecule has 0 radical (unpaired) electrons. The quantitative estimate of drug-likeness (QED) is 0.784. The van der Waals surface area contributed by atoms with E-state index >= 15 is 0 Å². The minimum atomic E-state index is 0.470. The highest BCUT2D eigenvalue weighted by atomic mass is 35.5. The van der Waals surface area contributed by atoms with Gasteiger partial charge in [-0.1, -0.05) is 35.1 Å². The van der Waals surface area contributed by atoms with E-state index in [2.05, 4.69) is 4.98 Å². The maximum Gasteiger partial charge on any atom is 0.182 e. The van der Waals surface area contributed by atoms with Crippen molar-refractivity contribution in [2.45, 2.75) is 0 Å². The van der Waals surface area contributed by atoms with Gasteiger partial charge in [0.2, 0.25) is 0 Å². The van der Waals surface area contributed by atoms with Crippen LogP contribution in [0.25, 0.3) is 11.3 Å². The summed E-state index contributed by atoms with van der Waals surface area (Å²) in [6.45, 7) is 0. The summed E-state index contributed by atoms with van der Waals surface area (Å²) in [4.78, 5) is 4.13. The number of halogens is 1. The first kappa shape index (κ1) is 9.30. The predicted octanol–water partition coefficient (Wildman–Crippen LogP) is 2.63. The molecule has 0 aliphatic rings. The molecule has 2 aromatic rings. The molecule has 1 aromatic heterocycles. The average Bonchev–Trinajstić information content (AvgIpc) is 2.45. The summed E-state index contributed by atoms with van der Waals surface area (Å²) < 4.78 is 0. The zero-order valence-corrected chi connectivity index (χ0v) is 8.77. The van der Waals surface area contributed by atoms with Crippen LogP contribution in [0.1, 0.15) is 0 Å². The summed E-state index contributed by atoms with van der Waals surface area (Å²) >= 11 is 7.13. The van der Waals surface area contributed by atoms with Crippen LogP contribution in [0.3, 0.4) is 0 Å². The number of thiazole rings is 1. The number of rotatable bonds is 1. The first-order valence-electron chi connectivity index (χ1n) is 3.94. The van der Waals surface area contributed by atoms with Crippen LogP contribution in [0, 0.1) is 0 Å². The molecule has 0 unspecified atom stereocenters. The van der Waals surface area contributed by atoms with Crippen molar-refractivity contribution < 1.29 is 0 Å². The van der Waals surface area contributed by atoms with Crippen molar-refractivity contribution in [1.29, 1.82) is 0 Å². The van der Waals surface area contributed by atoms with Gasteiger partial charge in [-0.05, 0) is 12.1 Å². The summed E-state index contributed by atoms with van der Waals surface area (Å²) in [5.41, 5.74) is 12.9. The molecule has 1 heterocycles. The smallest absolute Gasteiger partial charge is 0.182 e. The van der Waals surface area contributed by atoms with E-state index in [1.165, 1.54) is 11.3 Å². The van der Waals surface area contributed by atoms with E-state index in [4.69, 9.17) is 23.1 Å². The molecule has 72 valence electrons. The highest BCUT2D eigenvalue weighted by Gasteiger charge is 2.08. The van der Waals surface area contributed by atoms with Crippen molar-refractivity contribution in [1.82, 2.24) is 4.98 Å². The molecule has 0 aliphatic heterocycles. The Morgan fingerprint density at radius 3 is 2.64 bits per heavy atom. The molecule has 0 amide bonds. The topological polar surface area (TPSA) is 64.9 Å². The lowest BCUT2D eigenvalue weighted by Crippen LogP contribution is -1.86. The van der Waals surface area contributed by atoms with E-state index in [1.807, 2.05) is 18.2 Å². The van der Waals surface area contributed by atoms with Crippen molar-refractivity contribution >= 4 is 33.1 Å². The van der Waals surface area contributed by atoms with Crippen LogP contribution in [-0.4, -0.2) is 4.98 Å². The first-order valence-corrected chi connectivity index (χ1v) is 5.14. The van der Waals surface area contributed by atoms with Gasteiger partial charge in [-0.2, -0.15) is 0 Å². The van der Waals surface area contributed by atoms with Crippen LogP contribution in [0.5, 0.6) is 0 Å². The molecule has 0 saturated heterocycles. The normalized spacial score (nSPS) is 10.4. The molecule has 0 saturated carbocycles. The number of aromatic nitrogens is 1. The fourth-order valence-electron chi connectivity index (χ4n) is 1.19. The lowest BCUT2D eigenvalue weighted by Gasteiger charge is -1.98.